The number of carbonyl (C=O) groups excluding carboxylic acids is 1. The van der Waals surface area contributed by atoms with Gasteiger partial charge in [-0.3, -0.25) is 27.2 Å². The normalized spacial score (nSPS) is 15.9. The van der Waals surface area contributed by atoms with Gasteiger partial charge in [-0.15, -0.1) is 0 Å². The number of pyridine rings is 1. The molecule has 3 aromatic heterocycles. The van der Waals surface area contributed by atoms with E-state index < -0.39 is 6.23 Å². The molecular formula is C23H25N5O4S2. The quantitative estimate of drug-likeness (QED) is 0.448. The number of fused-ring (bicyclic) bond motifs is 2. The van der Waals surface area contributed by atoms with Gasteiger partial charge in [0.15, 0.2) is 0 Å². The molecule has 0 aliphatic carbocycles. The van der Waals surface area contributed by atoms with E-state index in [9.17, 15) is 19.5 Å². The van der Waals surface area contributed by atoms with Crippen molar-refractivity contribution < 1.29 is 9.90 Å². The summed E-state index contributed by atoms with van der Waals surface area (Å²) >= 11 is 2.56. The van der Waals surface area contributed by atoms with Crippen molar-refractivity contribution in [3.05, 3.63) is 62.3 Å². The zero-order valence-corrected chi connectivity index (χ0v) is 20.6. The van der Waals surface area contributed by atoms with Crippen molar-refractivity contribution in [2.24, 2.45) is 0 Å². The van der Waals surface area contributed by atoms with Crippen molar-refractivity contribution >= 4 is 49.3 Å². The molecule has 0 radical (unpaired) electrons. The minimum Gasteiger partial charge on any atom is -0.376 e. The number of nitrogens with zero attached hydrogens (tertiary/aromatic N) is 5. The van der Waals surface area contributed by atoms with Crippen LogP contribution in [0.3, 0.4) is 0 Å². The van der Waals surface area contributed by atoms with E-state index in [0.29, 0.717) is 41.8 Å². The van der Waals surface area contributed by atoms with E-state index in [0.717, 1.165) is 16.0 Å². The third-order valence-electron chi connectivity index (χ3n) is 6.20. The SMILES string of the molecule is Cc1cc(C)c2c(=O)n(CC(=O)N3CCN(C(O)Cn4sc5ccccc5c4=O)CC3)sc2n1. The van der Waals surface area contributed by atoms with E-state index in [1.807, 2.05) is 43.0 Å². The number of aliphatic hydroxyl groups excluding tert-OH is 1. The molecule has 1 aromatic carbocycles. The molecule has 9 nitrogen and oxygen atoms in total. The Hall–Kier alpha value is -2.86. The van der Waals surface area contributed by atoms with Crippen molar-refractivity contribution in [2.75, 3.05) is 26.2 Å². The summed E-state index contributed by atoms with van der Waals surface area (Å²) in [6.45, 7) is 5.83. The summed E-state index contributed by atoms with van der Waals surface area (Å²) in [5.74, 6) is -0.127. The molecule has 0 spiro atoms. The van der Waals surface area contributed by atoms with Gasteiger partial charge in [0.2, 0.25) is 5.91 Å². The minimum atomic E-state index is -0.814. The molecule has 1 amide bonds. The van der Waals surface area contributed by atoms with E-state index in [-0.39, 0.29) is 30.1 Å². The van der Waals surface area contributed by atoms with Crippen LogP contribution in [0.25, 0.3) is 20.3 Å². The maximum absolute atomic E-state index is 12.9. The lowest BCUT2D eigenvalue weighted by molar-refractivity contribution is -0.135. The topological polar surface area (TPSA) is 101 Å². The largest absolute Gasteiger partial charge is 0.376 e. The van der Waals surface area contributed by atoms with Crippen LogP contribution in [0.15, 0.2) is 39.9 Å². The molecule has 5 rings (SSSR count). The van der Waals surface area contributed by atoms with Crippen molar-refractivity contribution in [3.63, 3.8) is 0 Å². The van der Waals surface area contributed by atoms with Crippen LogP contribution in [0.4, 0.5) is 0 Å². The first kappa shape index (κ1) is 22.9. The molecule has 11 heteroatoms. The molecule has 1 N–H and O–H groups in total. The predicted molar refractivity (Wildman–Crippen MR) is 134 cm³/mol. The van der Waals surface area contributed by atoms with Crippen LogP contribution in [-0.4, -0.2) is 66.1 Å². The Balaban J connectivity index is 1.21. The lowest BCUT2D eigenvalue weighted by atomic mass is 10.2. The number of hydrogen-bond donors (Lipinski definition) is 1. The first-order chi connectivity index (χ1) is 16.3. The van der Waals surface area contributed by atoms with Crippen LogP contribution in [0.5, 0.6) is 0 Å². The van der Waals surface area contributed by atoms with Gasteiger partial charge >= 0.3 is 0 Å². The molecule has 1 fully saturated rings. The number of piperazine rings is 1. The number of aliphatic hydroxyl groups is 1. The van der Waals surface area contributed by atoms with Crippen molar-refractivity contribution in [1.29, 1.82) is 0 Å². The summed E-state index contributed by atoms with van der Waals surface area (Å²) < 4.78 is 3.95. The molecule has 34 heavy (non-hydrogen) atoms. The maximum atomic E-state index is 12.9. The summed E-state index contributed by atoms with van der Waals surface area (Å²) in [4.78, 5) is 46.9. The van der Waals surface area contributed by atoms with E-state index in [1.54, 1.807) is 14.9 Å². The first-order valence-corrected chi connectivity index (χ1v) is 12.6. The molecular weight excluding hydrogens is 474 g/mol. The Morgan fingerprint density at radius 1 is 1.06 bits per heavy atom. The Morgan fingerprint density at radius 3 is 2.53 bits per heavy atom. The van der Waals surface area contributed by atoms with Crippen LogP contribution in [0, 0.1) is 13.8 Å². The first-order valence-electron chi connectivity index (χ1n) is 11.1. The summed E-state index contributed by atoms with van der Waals surface area (Å²) in [6, 6.07) is 9.29. The highest BCUT2D eigenvalue weighted by atomic mass is 32.1. The second kappa shape index (κ2) is 9.06. The molecule has 1 atom stereocenters. The number of aryl methyl sites for hydroxylation is 2. The second-order valence-corrected chi connectivity index (χ2v) is 10.6. The standard InChI is InChI=1S/C23H25N5O4S2/c1-14-11-15(2)24-21-20(14)23(32)28(34-21)13-19(30)26-9-7-25(8-10-26)18(29)12-27-22(31)16-5-3-4-6-17(16)33-27/h3-6,11,18,29H,7-10,12-13H2,1-2H3. The predicted octanol–water partition coefficient (Wildman–Crippen LogP) is 1.61. The molecule has 1 unspecified atom stereocenters. The number of hydrogen-bond acceptors (Lipinski definition) is 8. The zero-order valence-electron chi connectivity index (χ0n) is 18.9. The fraction of sp³-hybridized carbons (Fsp3) is 0.391. The average molecular weight is 500 g/mol. The van der Waals surface area contributed by atoms with Gasteiger partial charge < -0.3 is 10.0 Å². The van der Waals surface area contributed by atoms with Crippen molar-refractivity contribution in [3.8, 4) is 0 Å². The van der Waals surface area contributed by atoms with E-state index in [2.05, 4.69) is 4.98 Å². The van der Waals surface area contributed by atoms with Crippen LogP contribution in [0.2, 0.25) is 0 Å². The van der Waals surface area contributed by atoms with Gasteiger partial charge in [-0.2, -0.15) is 0 Å². The number of amides is 1. The molecule has 178 valence electrons. The Labute approximate surface area is 203 Å². The van der Waals surface area contributed by atoms with E-state index >= 15 is 0 Å². The van der Waals surface area contributed by atoms with Crippen LogP contribution in [-0.2, 0) is 17.9 Å². The van der Waals surface area contributed by atoms with Gasteiger partial charge in [-0.25, -0.2) is 4.98 Å². The van der Waals surface area contributed by atoms with Crippen LogP contribution in [0.1, 0.15) is 11.3 Å². The smallest absolute Gasteiger partial charge is 0.270 e. The third-order valence-corrected chi connectivity index (χ3v) is 8.27. The molecule has 4 heterocycles. The Morgan fingerprint density at radius 2 is 1.79 bits per heavy atom. The molecule has 0 saturated carbocycles. The lowest BCUT2D eigenvalue weighted by Crippen LogP contribution is -2.53. The Kier molecular flexibility index (Phi) is 6.11. The number of rotatable bonds is 5. The van der Waals surface area contributed by atoms with Crippen LogP contribution >= 0.6 is 23.1 Å². The molecule has 1 saturated heterocycles. The lowest BCUT2D eigenvalue weighted by Gasteiger charge is -2.37. The zero-order chi connectivity index (χ0) is 24.0. The van der Waals surface area contributed by atoms with Crippen molar-refractivity contribution in [2.45, 2.75) is 33.2 Å². The molecule has 4 aromatic rings. The summed E-state index contributed by atoms with van der Waals surface area (Å²) in [5, 5.41) is 12.0. The number of benzene rings is 1. The molecule has 1 aliphatic heterocycles. The summed E-state index contributed by atoms with van der Waals surface area (Å²) in [7, 11) is 0. The van der Waals surface area contributed by atoms with Gasteiger partial charge in [-0.1, -0.05) is 23.7 Å². The highest BCUT2D eigenvalue weighted by molar-refractivity contribution is 7.14. The van der Waals surface area contributed by atoms with Gasteiger partial charge in [0.25, 0.3) is 11.1 Å². The average Bonchev–Trinajstić information content (AvgIpc) is 3.30. The highest BCUT2D eigenvalue weighted by Crippen LogP contribution is 2.20. The monoisotopic (exact) mass is 499 g/mol. The second-order valence-electron chi connectivity index (χ2n) is 8.54. The van der Waals surface area contributed by atoms with Crippen molar-refractivity contribution in [1.82, 2.24) is 22.7 Å². The fourth-order valence-corrected chi connectivity index (χ4v) is 6.50. The number of aromatic nitrogens is 3. The fourth-order valence-electron chi connectivity index (χ4n) is 4.40. The van der Waals surface area contributed by atoms with Crippen LogP contribution < -0.4 is 11.1 Å². The molecule has 1 aliphatic rings. The summed E-state index contributed by atoms with van der Waals surface area (Å²) in [5.41, 5.74) is 1.44. The third kappa shape index (κ3) is 4.20. The Bertz CT molecular complexity index is 1490. The molecule has 0 bridgehead atoms. The van der Waals surface area contributed by atoms with Gasteiger partial charge in [0.05, 0.1) is 22.0 Å². The van der Waals surface area contributed by atoms with Gasteiger partial charge in [0, 0.05) is 31.9 Å². The van der Waals surface area contributed by atoms with E-state index in [1.165, 1.54) is 27.0 Å². The summed E-state index contributed by atoms with van der Waals surface area (Å²) in [6.07, 6.45) is -0.814. The minimum absolute atomic E-state index is 0.0158. The highest BCUT2D eigenvalue weighted by Gasteiger charge is 2.27. The van der Waals surface area contributed by atoms with Gasteiger partial charge in [0.1, 0.15) is 17.6 Å². The van der Waals surface area contributed by atoms with E-state index in [4.69, 9.17) is 0 Å². The maximum Gasteiger partial charge on any atom is 0.270 e. The number of carbonyl (C=O) groups is 1. The van der Waals surface area contributed by atoms with Gasteiger partial charge in [-0.05, 0) is 49.1 Å².